The predicted octanol–water partition coefficient (Wildman–Crippen LogP) is 2.11. The lowest BCUT2D eigenvalue weighted by molar-refractivity contribution is 0.294. The van der Waals surface area contributed by atoms with Crippen LogP contribution in [0, 0.1) is 11.6 Å². The van der Waals surface area contributed by atoms with Gasteiger partial charge in [0.25, 0.3) is 0 Å². The maximum absolute atomic E-state index is 12.6. The molecule has 0 fully saturated rings. The van der Waals surface area contributed by atoms with Crippen molar-refractivity contribution in [2.24, 2.45) is 5.73 Å². The molecular formula is C9H12ClF2NO. The normalized spacial score (nSPS) is 11.7. The number of rotatable bonds is 3. The third kappa shape index (κ3) is 3.89. The molecule has 0 saturated carbocycles. The first-order valence-corrected chi connectivity index (χ1v) is 3.93. The van der Waals surface area contributed by atoms with Gasteiger partial charge in [0.15, 0.2) is 11.6 Å². The third-order valence-corrected chi connectivity index (χ3v) is 1.40. The van der Waals surface area contributed by atoms with Crippen molar-refractivity contribution in [2.75, 3.05) is 6.61 Å². The van der Waals surface area contributed by atoms with Crippen molar-refractivity contribution in [3.8, 4) is 5.75 Å². The van der Waals surface area contributed by atoms with Crippen LogP contribution in [-0.4, -0.2) is 12.6 Å². The van der Waals surface area contributed by atoms with Crippen molar-refractivity contribution < 1.29 is 13.5 Å². The Morgan fingerprint density at radius 1 is 1.36 bits per heavy atom. The molecule has 0 aromatic heterocycles. The van der Waals surface area contributed by atoms with Gasteiger partial charge in [-0.15, -0.1) is 12.4 Å². The van der Waals surface area contributed by atoms with Crippen molar-refractivity contribution in [3.63, 3.8) is 0 Å². The van der Waals surface area contributed by atoms with E-state index in [1.807, 2.05) is 0 Å². The van der Waals surface area contributed by atoms with Crippen molar-refractivity contribution in [1.29, 1.82) is 0 Å². The smallest absolute Gasteiger partial charge is 0.162 e. The van der Waals surface area contributed by atoms with Crippen LogP contribution in [0.4, 0.5) is 8.78 Å². The van der Waals surface area contributed by atoms with E-state index in [1.54, 1.807) is 6.92 Å². The Labute approximate surface area is 87.5 Å². The highest BCUT2D eigenvalue weighted by Crippen LogP contribution is 2.15. The van der Waals surface area contributed by atoms with Crippen LogP contribution in [0.5, 0.6) is 5.75 Å². The molecule has 1 aromatic rings. The molecule has 0 amide bonds. The summed E-state index contributed by atoms with van der Waals surface area (Å²) in [5.74, 6) is -1.51. The lowest BCUT2D eigenvalue weighted by Crippen LogP contribution is -2.23. The molecule has 0 radical (unpaired) electrons. The number of hydrogen-bond donors (Lipinski definition) is 1. The van der Waals surface area contributed by atoms with Gasteiger partial charge in [0.1, 0.15) is 12.4 Å². The fraction of sp³-hybridized carbons (Fsp3) is 0.333. The molecule has 5 heteroatoms. The number of hydrogen-bond acceptors (Lipinski definition) is 2. The van der Waals surface area contributed by atoms with Crippen LogP contribution in [0.1, 0.15) is 6.92 Å². The summed E-state index contributed by atoms with van der Waals surface area (Å²) in [6, 6.07) is 3.25. The Bertz CT molecular complexity index is 294. The molecule has 0 heterocycles. The van der Waals surface area contributed by atoms with E-state index in [2.05, 4.69) is 0 Å². The fourth-order valence-electron chi connectivity index (χ4n) is 0.794. The second-order valence-electron chi connectivity index (χ2n) is 2.86. The van der Waals surface area contributed by atoms with Crippen LogP contribution in [0.15, 0.2) is 18.2 Å². The van der Waals surface area contributed by atoms with E-state index in [1.165, 1.54) is 6.07 Å². The molecule has 14 heavy (non-hydrogen) atoms. The first-order chi connectivity index (χ1) is 6.09. The molecule has 0 saturated heterocycles. The Morgan fingerprint density at radius 3 is 2.50 bits per heavy atom. The molecule has 0 spiro atoms. The van der Waals surface area contributed by atoms with Crippen LogP contribution < -0.4 is 10.5 Å². The van der Waals surface area contributed by atoms with Gasteiger partial charge in [0, 0.05) is 12.1 Å². The summed E-state index contributed by atoms with van der Waals surface area (Å²) in [7, 11) is 0. The zero-order valence-corrected chi connectivity index (χ0v) is 8.48. The quantitative estimate of drug-likeness (QED) is 0.852. The largest absolute Gasteiger partial charge is 0.492 e. The molecule has 0 aliphatic rings. The van der Waals surface area contributed by atoms with Gasteiger partial charge in [-0.05, 0) is 19.1 Å². The van der Waals surface area contributed by atoms with Gasteiger partial charge in [-0.1, -0.05) is 0 Å². The van der Waals surface area contributed by atoms with Gasteiger partial charge in [-0.2, -0.15) is 0 Å². The predicted molar refractivity (Wildman–Crippen MR) is 52.8 cm³/mol. The van der Waals surface area contributed by atoms with E-state index in [0.717, 1.165) is 12.1 Å². The molecule has 2 N–H and O–H groups in total. The molecule has 1 atom stereocenters. The van der Waals surface area contributed by atoms with Gasteiger partial charge in [-0.25, -0.2) is 8.78 Å². The van der Waals surface area contributed by atoms with Crippen LogP contribution in [-0.2, 0) is 0 Å². The Hall–Kier alpha value is -0.870. The monoisotopic (exact) mass is 223 g/mol. The molecule has 1 rings (SSSR count). The second-order valence-corrected chi connectivity index (χ2v) is 2.86. The van der Waals surface area contributed by atoms with Crippen molar-refractivity contribution in [2.45, 2.75) is 13.0 Å². The molecule has 0 aliphatic heterocycles. The van der Waals surface area contributed by atoms with Gasteiger partial charge >= 0.3 is 0 Å². The van der Waals surface area contributed by atoms with Crippen LogP contribution in [0.2, 0.25) is 0 Å². The van der Waals surface area contributed by atoms with Crippen LogP contribution >= 0.6 is 12.4 Å². The average molecular weight is 224 g/mol. The molecule has 0 bridgehead atoms. The minimum Gasteiger partial charge on any atom is -0.492 e. The van der Waals surface area contributed by atoms with E-state index in [9.17, 15) is 8.78 Å². The van der Waals surface area contributed by atoms with Crippen LogP contribution in [0.3, 0.4) is 0 Å². The fourth-order valence-corrected chi connectivity index (χ4v) is 0.794. The molecule has 1 unspecified atom stereocenters. The van der Waals surface area contributed by atoms with Crippen LogP contribution in [0.25, 0.3) is 0 Å². The highest BCUT2D eigenvalue weighted by molar-refractivity contribution is 5.85. The van der Waals surface area contributed by atoms with Gasteiger partial charge in [0.05, 0.1) is 0 Å². The summed E-state index contributed by atoms with van der Waals surface area (Å²) in [5.41, 5.74) is 5.42. The van der Waals surface area contributed by atoms with E-state index >= 15 is 0 Å². The highest BCUT2D eigenvalue weighted by atomic mass is 35.5. The first kappa shape index (κ1) is 13.1. The topological polar surface area (TPSA) is 35.2 Å². The Kier molecular flexibility index (Phi) is 5.42. The summed E-state index contributed by atoms with van der Waals surface area (Å²) < 4.78 is 30.1. The van der Waals surface area contributed by atoms with Crippen molar-refractivity contribution in [1.82, 2.24) is 0 Å². The zero-order valence-electron chi connectivity index (χ0n) is 7.67. The molecule has 0 aliphatic carbocycles. The zero-order chi connectivity index (χ0) is 9.84. The standard InChI is InChI=1S/C9H11F2NO.ClH/c1-6(12)5-13-7-2-3-8(10)9(11)4-7;/h2-4,6H,5,12H2,1H3;1H. The minimum absolute atomic E-state index is 0. The summed E-state index contributed by atoms with van der Waals surface area (Å²) in [4.78, 5) is 0. The van der Waals surface area contributed by atoms with Gasteiger partial charge < -0.3 is 10.5 Å². The Balaban J connectivity index is 0.00000169. The lowest BCUT2D eigenvalue weighted by atomic mass is 10.3. The van der Waals surface area contributed by atoms with Crippen molar-refractivity contribution >= 4 is 12.4 Å². The number of benzene rings is 1. The summed E-state index contributed by atoms with van der Waals surface area (Å²) in [6.07, 6.45) is 0. The van der Waals surface area contributed by atoms with E-state index in [4.69, 9.17) is 10.5 Å². The molecular weight excluding hydrogens is 212 g/mol. The minimum atomic E-state index is -0.915. The Morgan fingerprint density at radius 2 is 2.00 bits per heavy atom. The summed E-state index contributed by atoms with van der Waals surface area (Å²) in [6.45, 7) is 2.05. The first-order valence-electron chi connectivity index (χ1n) is 3.93. The highest BCUT2D eigenvalue weighted by Gasteiger charge is 2.03. The maximum atomic E-state index is 12.6. The number of halogens is 3. The average Bonchev–Trinajstić information content (AvgIpc) is 2.07. The van der Waals surface area contributed by atoms with E-state index in [-0.39, 0.29) is 30.8 Å². The van der Waals surface area contributed by atoms with Gasteiger partial charge in [-0.3, -0.25) is 0 Å². The van der Waals surface area contributed by atoms with Gasteiger partial charge in [0.2, 0.25) is 0 Å². The maximum Gasteiger partial charge on any atom is 0.162 e. The van der Waals surface area contributed by atoms with E-state index in [0.29, 0.717) is 0 Å². The summed E-state index contributed by atoms with van der Waals surface area (Å²) >= 11 is 0. The number of ether oxygens (including phenoxy) is 1. The third-order valence-electron chi connectivity index (χ3n) is 1.40. The molecule has 80 valence electrons. The molecule has 2 nitrogen and oxygen atoms in total. The van der Waals surface area contributed by atoms with E-state index < -0.39 is 11.6 Å². The van der Waals surface area contributed by atoms with Crippen molar-refractivity contribution in [3.05, 3.63) is 29.8 Å². The SMILES string of the molecule is CC(N)COc1ccc(F)c(F)c1.Cl. The summed E-state index contributed by atoms with van der Waals surface area (Å²) in [5, 5.41) is 0. The lowest BCUT2D eigenvalue weighted by Gasteiger charge is -2.08. The number of nitrogens with two attached hydrogens (primary N) is 1. The second kappa shape index (κ2) is 5.78. The molecule has 1 aromatic carbocycles.